The average molecular weight is 251 g/mol. The fourth-order valence-electron chi connectivity index (χ4n) is 1.74. The summed E-state index contributed by atoms with van der Waals surface area (Å²) in [5.74, 6) is 0.657. The van der Waals surface area contributed by atoms with E-state index in [2.05, 4.69) is 39.2 Å². The molecule has 6 heteroatoms. The van der Waals surface area contributed by atoms with Crippen LogP contribution in [0.25, 0.3) is 0 Å². The first-order valence-corrected chi connectivity index (χ1v) is 6.36. The molecule has 0 radical (unpaired) electrons. The van der Waals surface area contributed by atoms with Gasteiger partial charge in [0.15, 0.2) is 0 Å². The van der Waals surface area contributed by atoms with Crippen LogP contribution in [0.4, 0.5) is 5.95 Å². The molecule has 1 aliphatic rings. The molecule has 2 rings (SSSR count). The van der Waals surface area contributed by atoms with E-state index in [1.807, 2.05) is 6.07 Å². The van der Waals surface area contributed by atoms with Crippen molar-refractivity contribution < 1.29 is 4.74 Å². The highest BCUT2D eigenvalue weighted by Gasteiger charge is 2.17. The lowest BCUT2D eigenvalue weighted by Gasteiger charge is -2.34. The topological polar surface area (TPSA) is 53.5 Å². The second-order valence-corrected chi connectivity index (χ2v) is 4.63. The van der Waals surface area contributed by atoms with E-state index in [0.29, 0.717) is 18.8 Å². The molecule has 0 aliphatic carbocycles. The molecule has 1 aliphatic heterocycles. The molecular formula is C12H21N5O. The Morgan fingerprint density at radius 1 is 1.22 bits per heavy atom. The molecule has 100 valence electrons. The molecule has 1 aromatic heterocycles. The third-order valence-electron chi connectivity index (χ3n) is 2.79. The van der Waals surface area contributed by atoms with Crippen LogP contribution in [-0.4, -0.2) is 58.9 Å². The third kappa shape index (κ3) is 4.21. The number of anilines is 1. The zero-order valence-electron chi connectivity index (χ0n) is 11.0. The molecule has 6 nitrogen and oxygen atoms in total. The van der Waals surface area contributed by atoms with E-state index in [4.69, 9.17) is 4.74 Å². The van der Waals surface area contributed by atoms with Gasteiger partial charge >= 0.3 is 0 Å². The number of ether oxygens (including phenoxy) is 1. The molecule has 0 saturated carbocycles. The maximum atomic E-state index is 5.60. The van der Waals surface area contributed by atoms with Gasteiger partial charge in [-0.15, -0.1) is 0 Å². The first-order valence-electron chi connectivity index (χ1n) is 6.36. The lowest BCUT2D eigenvalue weighted by molar-refractivity contribution is -0.0227. The molecule has 0 unspecified atom stereocenters. The Labute approximate surface area is 108 Å². The molecule has 18 heavy (non-hydrogen) atoms. The second-order valence-electron chi connectivity index (χ2n) is 4.63. The van der Waals surface area contributed by atoms with Crippen LogP contribution in [0, 0.1) is 0 Å². The molecule has 0 atom stereocenters. The molecule has 0 amide bonds. The van der Waals surface area contributed by atoms with Crippen molar-refractivity contribution in [2.75, 3.05) is 38.3 Å². The Morgan fingerprint density at radius 2 is 1.89 bits per heavy atom. The van der Waals surface area contributed by atoms with Gasteiger partial charge in [-0.25, -0.2) is 15.0 Å². The van der Waals surface area contributed by atoms with E-state index in [-0.39, 0.29) is 0 Å². The highest BCUT2D eigenvalue weighted by atomic mass is 16.5. The fraction of sp³-hybridized carbons (Fsp3) is 0.667. The van der Waals surface area contributed by atoms with Crippen molar-refractivity contribution in [2.45, 2.75) is 20.0 Å². The summed E-state index contributed by atoms with van der Waals surface area (Å²) in [6.07, 6.45) is 3.77. The maximum absolute atomic E-state index is 5.60. The Bertz CT molecular complexity index is 338. The van der Waals surface area contributed by atoms with E-state index in [9.17, 15) is 0 Å². The summed E-state index contributed by atoms with van der Waals surface area (Å²) in [5.41, 5.74) is 3.21. The first-order chi connectivity index (χ1) is 8.74. The van der Waals surface area contributed by atoms with Gasteiger partial charge in [0.25, 0.3) is 0 Å². The predicted molar refractivity (Wildman–Crippen MR) is 69.9 cm³/mol. The number of nitrogens with one attached hydrogen (secondary N) is 1. The van der Waals surface area contributed by atoms with Crippen molar-refractivity contribution in [3.63, 3.8) is 0 Å². The summed E-state index contributed by atoms with van der Waals surface area (Å²) in [6, 6.07) is 1.81. The summed E-state index contributed by atoms with van der Waals surface area (Å²) in [6.45, 7) is 8.71. The number of hydrazine groups is 1. The molecule has 2 heterocycles. The number of rotatable bonds is 5. The highest BCUT2D eigenvalue weighted by Crippen LogP contribution is 2.04. The maximum Gasteiger partial charge on any atom is 0.237 e. The largest absolute Gasteiger partial charge is 0.363 e. The summed E-state index contributed by atoms with van der Waals surface area (Å²) in [7, 11) is 0. The van der Waals surface area contributed by atoms with Crippen molar-refractivity contribution in [1.82, 2.24) is 19.9 Å². The molecular weight excluding hydrogens is 230 g/mol. The Hall–Kier alpha value is -1.24. The Balaban J connectivity index is 1.70. The number of piperazine rings is 1. The van der Waals surface area contributed by atoms with Crippen LogP contribution >= 0.6 is 0 Å². The molecule has 1 saturated heterocycles. The number of hydrogen-bond acceptors (Lipinski definition) is 6. The molecule has 0 aromatic carbocycles. The zero-order valence-corrected chi connectivity index (χ0v) is 11.0. The Kier molecular flexibility index (Phi) is 4.86. The monoisotopic (exact) mass is 251 g/mol. The number of nitrogens with zero attached hydrogens (tertiary/aromatic N) is 4. The Morgan fingerprint density at radius 3 is 2.50 bits per heavy atom. The molecule has 0 bridgehead atoms. The first kappa shape index (κ1) is 13.2. The van der Waals surface area contributed by atoms with Gasteiger partial charge in [0.2, 0.25) is 5.95 Å². The van der Waals surface area contributed by atoms with E-state index in [1.165, 1.54) is 0 Å². The normalized spacial score (nSPS) is 18.2. The SMILES string of the molecule is CC(C)OCN1CCN(Nc2ncccn2)CC1. The van der Waals surface area contributed by atoms with Crippen LogP contribution in [0.2, 0.25) is 0 Å². The fourth-order valence-corrected chi connectivity index (χ4v) is 1.74. The van der Waals surface area contributed by atoms with E-state index < -0.39 is 0 Å². The number of hydrogen-bond donors (Lipinski definition) is 1. The van der Waals surface area contributed by atoms with Crippen LogP contribution in [-0.2, 0) is 4.74 Å². The van der Waals surface area contributed by atoms with Gasteiger partial charge in [-0.3, -0.25) is 10.3 Å². The van der Waals surface area contributed by atoms with Gasteiger partial charge in [0.1, 0.15) is 0 Å². The predicted octanol–water partition coefficient (Wildman–Crippen LogP) is 0.804. The van der Waals surface area contributed by atoms with Gasteiger partial charge in [-0.1, -0.05) is 0 Å². The van der Waals surface area contributed by atoms with Crippen molar-refractivity contribution in [3.05, 3.63) is 18.5 Å². The van der Waals surface area contributed by atoms with E-state index >= 15 is 0 Å². The second kappa shape index (κ2) is 6.63. The summed E-state index contributed by atoms with van der Waals surface area (Å²) >= 11 is 0. The standard InChI is InChI=1S/C12H21N5O/c1-11(2)18-10-16-6-8-17(9-7-16)15-12-13-4-3-5-14-12/h3-5,11H,6-10H2,1-2H3,(H,13,14,15). The van der Waals surface area contributed by atoms with Crippen molar-refractivity contribution in [3.8, 4) is 0 Å². The van der Waals surface area contributed by atoms with Crippen LogP contribution in [0.15, 0.2) is 18.5 Å². The van der Waals surface area contributed by atoms with Gasteiger partial charge in [-0.2, -0.15) is 0 Å². The lowest BCUT2D eigenvalue weighted by Crippen LogP contribution is -2.49. The zero-order chi connectivity index (χ0) is 12.8. The quantitative estimate of drug-likeness (QED) is 0.835. The molecule has 1 N–H and O–H groups in total. The average Bonchev–Trinajstić information content (AvgIpc) is 2.39. The van der Waals surface area contributed by atoms with Crippen LogP contribution in [0.5, 0.6) is 0 Å². The van der Waals surface area contributed by atoms with Crippen molar-refractivity contribution >= 4 is 5.95 Å². The van der Waals surface area contributed by atoms with Crippen LogP contribution in [0.1, 0.15) is 13.8 Å². The smallest absolute Gasteiger partial charge is 0.237 e. The summed E-state index contributed by atoms with van der Waals surface area (Å²) < 4.78 is 5.60. The minimum atomic E-state index is 0.291. The summed E-state index contributed by atoms with van der Waals surface area (Å²) in [4.78, 5) is 10.6. The molecule has 1 fully saturated rings. The lowest BCUT2D eigenvalue weighted by atomic mass is 10.4. The minimum Gasteiger partial charge on any atom is -0.363 e. The van der Waals surface area contributed by atoms with Crippen molar-refractivity contribution in [1.29, 1.82) is 0 Å². The van der Waals surface area contributed by atoms with Crippen molar-refractivity contribution in [2.24, 2.45) is 0 Å². The highest BCUT2D eigenvalue weighted by molar-refractivity contribution is 5.20. The van der Waals surface area contributed by atoms with E-state index in [0.717, 1.165) is 26.2 Å². The third-order valence-corrected chi connectivity index (χ3v) is 2.79. The van der Waals surface area contributed by atoms with Gasteiger partial charge < -0.3 is 4.74 Å². The summed E-state index contributed by atoms with van der Waals surface area (Å²) in [5, 5.41) is 2.14. The van der Waals surface area contributed by atoms with Crippen LogP contribution < -0.4 is 5.43 Å². The minimum absolute atomic E-state index is 0.291. The van der Waals surface area contributed by atoms with E-state index in [1.54, 1.807) is 12.4 Å². The van der Waals surface area contributed by atoms with Crippen LogP contribution in [0.3, 0.4) is 0 Å². The van der Waals surface area contributed by atoms with Gasteiger partial charge in [0, 0.05) is 38.6 Å². The van der Waals surface area contributed by atoms with Gasteiger partial charge in [0.05, 0.1) is 12.8 Å². The molecule has 1 aromatic rings. The molecule has 0 spiro atoms. The van der Waals surface area contributed by atoms with Gasteiger partial charge in [-0.05, 0) is 19.9 Å². The number of aromatic nitrogens is 2.